The van der Waals surface area contributed by atoms with E-state index in [1.807, 2.05) is 18.7 Å². The van der Waals surface area contributed by atoms with Crippen molar-refractivity contribution < 1.29 is 24.5 Å². The summed E-state index contributed by atoms with van der Waals surface area (Å²) in [5.74, 6) is -1.17. The Labute approximate surface area is 136 Å². The number of Topliss-reactive ketones (excluding diaryl/α,β-unsaturated/α-hetero) is 1. The van der Waals surface area contributed by atoms with Gasteiger partial charge in [-0.05, 0) is 37.7 Å². The molecular formula is C17H25NO5. The van der Waals surface area contributed by atoms with Crippen molar-refractivity contribution in [1.82, 2.24) is 4.90 Å². The average molecular weight is 323 g/mol. The smallest absolute Gasteiger partial charge is 0.304 e. The molecule has 6 nitrogen and oxygen atoms in total. The number of hydrogen-bond donors (Lipinski definition) is 2. The number of carboxylic acid groups (broad SMARTS) is 1. The SMILES string of the molecule is CCOc1ccc(C(=O)C(CC(=O)O)CN(CC)CCO)cc1. The van der Waals surface area contributed by atoms with Crippen molar-refractivity contribution in [1.29, 1.82) is 0 Å². The molecule has 1 aromatic rings. The molecule has 0 saturated carbocycles. The molecule has 1 atom stereocenters. The fourth-order valence-electron chi connectivity index (χ4n) is 2.40. The van der Waals surface area contributed by atoms with Crippen LogP contribution < -0.4 is 4.74 Å². The van der Waals surface area contributed by atoms with Gasteiger partial charge >= 0.3 is 5.97 Å². The maximum atomic E-state index is 12.6. The van der Waals surface area contributed by atoms with Crippen LogP contribution in [0.3, 0.4) is 0 Å². The molecule has 0 spiro atoms. The molecule has 0 saturated heterocycles. The highest BCUT2D eigenvalue weighted by molar-refractivity contribution is 5.99. The minimum Gasteiger partial charge on any atom is -0.494 e. The van der Waals surface area contributed by atoms with Crippen LogP contribution in [0.1, 0.15) is 30.6 Å². The summed E-state index contributed by atoms with van der Waals surface area (Å²) < 4.78 is 5.34. The summed E-state index contributed by atoms with van der Waals surface area (Å²) in [6.07, 6.45) is -0.228. The molecule has 2 N–H and O–H groups in total. The molecule has 0 heterocycles. The number of carbonyl (C=O) groups excluding carboxylic acids is 1. The van der Waals surface area contributed by atoms with E-state index in [-0.39, 0.29) is 18.8 Å². The number of ether oxygens (including phenoxy) is 1. The van der Waals surface area contributed by atoms with Crippen LogP contribution >= 0.6 is 0 Å². The largest absolute Gasteiger partial charge is 0.494 e. The molecule has 0 radical (unpaired) electrons. The third kappa shape index (κ3) is 6.38. The number of rotatable bonds is 11. The van der Waals surface area contributed by atoms with Crippen molar-refractivity contribution in [3.63, 3.8) is 0 Å². The van der Waals surface area contributed by atoms with Crippen LogP contribution in [-0.2, 0) is 4.79 Å². The predicted octanol–water partition coefficient (Wildman–Crippen LogP) is 1.67. The Morgan fingerprint density at radius 2 is 1.87 bits per heavy atom. The minimum atomic E-state index is -1.01. The van der Waals surface area contributed by atoms with E-state index < -0.39 is 11.9 Å². The zero-order chi connectivity index (χ0) is 17.2. The summed E-state index contributed by atoms with van der Waals surface area (Å²) in [4.78, 5) is 25.6. The number of aliphatic hydroxyl groups is 1. The Morgan fingerprint density at radius 1 is 1.22 bits per heavy atom. The van der Waals surface area contributed by atoms with Crippen molar-refractivity contribution >= 4 is 11.8 Å². The predicted molar refractivity (Wildman–Crippen MR) is 86.9 cm³/mol. The van der Waals surface area contributed by atoms with Crippen LogP contribution in [0.15, 0.2) is 24.3 Å². The summed E-state index contributed by atoms with van der Waals surface area (Å²) in [6, 6.07) is 6.73. The second kappa shape index (κ2) is 9.97. The normalized spacial score (nSPS) is 12.2. The lowest BCUT2D eigenvalue weighted by atomic mass is 9.94. The summed E-state index contributed by atoms with van der Waals surface area (Å²) in [5.41, 5.74) is 0.472. The fraction of sp³-hybridized carbons (Fsp3) is 0.529. The molecule has 0 aromatic heterocycles. The van der Waals surface area contributed by atoms with E-state index in [2.05, 4.69) is 0 Å². The third-order valence-electron chi connectivity index (χ3n) is 3.58. The van der Waals surface area contributed by atoms with Crippen LogP contribution in [-0.4, -0.2) is 59.7 Å². The van der Waals surface area contributed by atoms with Gasteiger partial charge in [-0.25, -0.2) is 0 Å². The molecule has 0 fully saturated rings. The van der Waals surface area contributed by atoms with Crippen molar-refractivity contribution in [2.24, 2.45) is 5.92 Å². The van der Waals surface area contributed by atoms with Gasteiger partial charge in [-0.2, -0.15) is 0 Å². The molecule has 1 rings (SSSR count). The van der Waals surface area contributed by atoms with Gasteiger partial charge < -0.3 is 19.8 Å². The van der Waals surface area contributed by atoms with Crippen LogP contribution in [0.4, 0.5) is 0 Å². The molecule has 128 valence electrons. The van der Waals surface area contributed by atoms with E-state index in [9.17, 15) is 9.59 Å². The maximum absolute atomic E-state index is 12.6. The van der Waals surface area contributed by atoms with Gasteiger partial charge in [-0.15, -0.1) is 0 Å². The number of ketones is 1. The van der Waals surface area contributed by atoms with Crippen LogP contribution in [0.2, 0.25) is 0 Å². The van der Waals surface area contributed by atoms with Gasteiger partial charge in [0, 0.05) is 24.6 Å². The molecule has 1 unspecified atom stereocenters. The van der Waals surface area contributed by atoms with Gasteiger partial charge in [0.15, 0.2) is 5.78 Å². The van der Waals surface area contributed by atoms with Crippen molar-refractivity contribution in [3.05, 3.63) is 29.8 Å². The fourth-order valence-corrected chi connectivity index (χ4v) is 2.40. The van der Waals surface area contributed by atoms with E-state index in [0.29, 0.717) is 37.6 Å². The molecule has 1 aromatic carbocycles. The third-order valence-corrected chi connectivity index (χ3v) is 3.58. The Bertz CT molecular complexity index is 500. The van der Waals surface area contributed by atoms with Crippen LogP contribution in [0.5, 0.6) is 5.75 Å². The standard InChI is InChI=1S/C17H25NO5/c1-3-18(9-10-19)12-14(11-16(20)21)17(22)13-5-7-15(8-6-13)23-4-2/h5-8,14,19H,3-4,9-12H2,1-2H3,(H,20,21). The maximum Gasteiger partial charge on any atom is 0.304 e. The van der Waals surface area contributed by atoms with Gasteiger partial charge in [-0.1, -0.05) is 6.92 Å². The number of aliphatic hydroxyl groups excluding tert-OH is 1. The summed E-state index contributed by atoms with van der Waals surface area (Å²) in [6.45, 7) is 5.69. The summed E-state index contributed by atoms with van der Waals surface area (Å²) in [7, 11) is 0. The van der Waals surface area contributed by atoms with E-state index >= 15 is 0 Å². The number of likely N-dealkylation sites (N-methyl/N-ethyl adjacent to an activating group) is 1. The molecule has 0 aliphatic heterocycles. The van der Waals surface area contributed by atoms with Crippen molar-refractivity contribution in [2.45, 2.75) is 20.3 Å². The monoisotopic (exact) mass is 323 g/mol. The molecule has 0 amide bonds. The first-order valence-electron chi connectivity index (χ1n) is 7.83. The first-order valence-corrected chi connectivity index (χ1v) is 7.83. The number of aliphatic carboxylic acids is 1. The Hall–Kier alpha value is -1.92. The van der Waals surface area contributed by atoms with Crippen LogP contribution in [0, 0.1) is 5.92 Å². The van der Waals surface area contributed by atoms with Crippen LogP contribution in [0.25, 0.3) is 0 Å². The Morgan fingerprint density at radius 3 is 2.35 bits per heavy atom. The molecule has 0 bridgehead atoms. The quantitative estimate of drug-likeness (QED) is 0.602. The highest BCUT2D eigenvalue weighted by Gasteiger charge is 2.25. The topological polar surface area (TPSA) is 87.1 Å². The van der Waals surface area contributed by atoms with Gasteiger partial charge in [0.2, 0.25) is 0 Å². The summed E-state index contributed by atoms with van der Waals surface area (Å²) in [5, 5.41) is 18.1. The van der Waals surface area contributed by atoms with E-state index in [1.54, 1.807) is 24.3 Å². The van der Waals surface area contributed by atoms with Gasteiger partial charge in [0.1, 0.15) is 5.75 Å². The van der Waals surface area contributed by atoms with E-state index in [4.69, 9.17) is 14.9 Å². The number of carbonyl (C=O) groups is 2. The number of nitrogens with zero attached hydrogens (tertiary/aromatic N) is 1. The first-order chi connectivity index (χ1) is 11.0. The second-order valence-corrected chi connectivity index (χ2v) is 5.23. The number of benzene rings is 1. The molecular weight excluding hydrogens is 298 g/mol. The number of hydrogen-bond acceptors (Lipinski definition) is 5. The molecule has 6 heteroatoms. The molecule has 23 heavy (non-hydrogen) atoms. The lowest BCUT2D eigenvalue weighted by molar-refractivity contribution is -0.137. The summed E-state index contributed by atoms with van der Waals surface area (Å²) >= 11 is 0. The van der Waals surface area contributed by atoms with E-state index in [0.717, 1.165) is 0 Å². The van der Waals surface area contributed by atoms with Gasteiger partial charge in [0.05, 0.1) is 19.6 Å². The highest BCUT2D eigenvalue weighted by atomic mass is 16.5. The highest BCUT2D eigenvalue weighted by Crippen LogP contribution is 2.18. The average Bonchev–Trinajstić information content (AvgIpc) is 2.53. The number of carboxylic acids is 1. The minimum absolute atomic E-state index is 0.0229. The second-order valence-electron chi connectivity index (χ2n) is 5.23. The lowest BCUT2D eigenvalue weighted by Crippen LogP contribution is -2.36. The lowest BCUT2D eigenvalue weighted by Gasteiger charge is -2.24. The Kier molecular flexibility index (Phi) is 8.29. The Balaban J connectivity index is 2.87. The first kappa shape index (κ1) is 19.1. The van der Waals surface area contributed by atoms with E-state index in [1.165, 1.54) is 0 Å². The molecule has 0 aliphatic rings. The zero-order valence-electron chi connectivity index (χ0n) is 13.7. The van der Waals surface area contributed by atoms with Gasteiger partial charge in [-0.3, -0.25) is 9.59 Å². The van der Waals surface area contributed by atoms with Crippen molar-refractivity contribution in [3.8, 4) is 5.75 Å². The van der Waals surface area contributed by atoms with Gasteiger partial charge in [0.25, 0.3) is 0 Å². The van der Waals surface area contributed by atoms with Crippen molar-refractivity contribution in [2.75, 3.05) is 32.8 Å². The molecule has 0 aliphatic carbocycles. The zero-order valence-corrected chi connectivity index (χ0v) is 13.7.